The van der Waals surface area contributed by atoms with Crippen LogP contribution in [0.4, 0.5) is 11.5 Å². The van der Waals surface area contributed by atoms with Crippen molar-refractivity contribution in [2.75, 3.05) is 11.1 Å². The van der Waals surface area contributed by atoms with Crippen LogP contribution < -0.4 is 11.1 Å². The predicted molar refractivity (Wildman–Crippen MR) is 79.5 cm³/mol. The van der Waals surface area contributed by atoms with Crippen LogP contribution in [0.1, 0.15) is 15.9 Å². The normalized spacial score (nSPS) is 10.4. The summed E-state index contributed by atoms with van der Waals surface area (Å²) >= 11 is 2.16. The zero-order valence-corrected chi connectivity index (χ0v) is 12.2. The molecule has 2 rings (SSSR count). The Morgan fingerprint density at radius 2 is 2.22 bits per heavy atom. The van der Waals surface area contributed by atoms with E-state index < -0.39 is 0 Å². The highest BCUT2D eigenvalue weighted by atomic mass is 127. The number of nitrogen functional groups attached to an aromatic ring is 1. The maximum Gasteiger partial charge on any atom is 0.257 e. The number of nitrogens with one attached hydrogen (secondary N) is 1. The number of aromatic nitrogens is 2. The van der Waals surface area contributed by atoms with E-state index in [2.05, 4.69) is 33.0 Å². The van der Waals surface area contributed by atoms with Gasteiger partial charge in [0.25, 0.3) is 5.91 Å². The van der Waals surface area contributed by atoms with Gasteiger partial charge in [-0.05, 0) is 41.1 Å². The molecule has 1 amide bonds. The number of benzene rings is 1. The van der Waals surface area contributed by atoms with Crippen molar-refractivity contribution in [3.8, 4) is 0 Å². The van der Waals surface area contributed by atoms with Crippen molar-refractivity contribution >= 4 is 40.0 Å². The van der Waals surface area contributed by atoms with Crippen LogP contribution in [-0.2, 0) is 7.05 Å². The fourth-order valence-corrected chi connectivity index (χ4v) is 2.21. The Kier molecular flexibility index (Phi) is 3.55. The van der Waals surface area contributed by atoms with Crippen LogP contribution in [-0.4, -0.2) is 15.7 Å². The molecule has 94 valence electrons. The van der Waals surface area contributed by atoms with Gasteiger partial charge >= 0.3 is 0 Å². The van der Waals surface area contributed by atoms with Gasteiger partial charge in [-0.3, -0.25) is 9.48 Å². The molecule has 6 heteroatoms. The molecule has 0 aliphatic rings. The molecular weight excluding hydrogens is 343 g/mol. The van der Waals surface area contributed by atoms with Gasteiger partial charge in [0, 0.05) is 10.6 Å². The summed E-state index contributed by atoms with van der Waals surface area (Å²) in [5.74, 6) is 0.329. The molecule has 3 N–H and O–H groups in total. The fourth-order valence-electron chi connectivity index (χ4n) is 1.61. The molecule has 0 aliphatic carbocycles. The quantitative estimate of drug-likeness (QED) is 0.810. The number of aryl methyl sites for hydroxylation is 2. The van der Waals surface area contributed by atoms with Crippen LogP contribution in [0.15, 0.2) is 24.4 Å². The van der Waals surface area contributed by atoms with E-state index in [-0.39, 0.29) is 5.91 Å². The molecule has 0 aliphatic heterocycles. The zero-order valence-electron chi connectivity index (χ0n) is 10.1. The standard InChI is InChI=1S/C12H13IN4O/c1-7-4-3-5-8(10(7)13)12(18)16-11-9(14)6-15-17(11)2/h3-6H,14H2,1-2H3,(H,16,18). The second kappa shape index (κ2) is 4.97. The van der Waals surface area contributed by atoms with Crippen molar-refractivity contribution in [1.29, 1.82) is 0 Å². The van der Waals surface area contributed by atoms with Crippen LogP contribution in [0.25, 0.3) is 0 Å². The lowest BCUT2D eigenvalue weighted by Crippen LogP contribution is -2.17. The summed E-state index contributed by atoms with van der Waals surface area (Å²) in [5, 5.41) is 6.75. The molecule has 1 aromatic carbocycles. The average Bonchev–Trinajstić information content (AvgIpc) is 2.64. The summed E-state index contributed by atoms with van der Waals surface area (Å²) in [6.07, 6.45) is 1.51. The van der Waals surface area contributed by atoms with Gasteiger partial charge in [0.05, 0.1) is 17.4 Å². The summed E-state index contributed by atoms with van der Waals surface area (Å²) in [4.78, 5) is 12.2. The number of carbonyl (C=O) groups is 1. The van der Waals surface area contributed by atoms with E-state index in [1.165, 1.54) is 10.9 Å². The number of rotatable bonds is 2. The van der Waals surface area contributed by atoms with Crippen LogP contribution in [0.5, 0.6) is 0 Å². The van der Waals surface area contributed by atoms with Crippen LogP contribution in [0.2, 0.25) is 0 Å². The third-order valence-electron chi connectivity index (χ3n) is 2.64. The number of halogens is 1. The van der Waals surface area contributed by atoms with E-state index >= 15 is 0 Å². The first-order valence-electron chi connectivity index (χ1n) is 5.34. The molecular formula is C12H13IN4O. The predicted octanol–water partition coefficient (Wildman–Crippen LogP) is 2.17. The van der Waals surface area contributed by atoms with Crippen LogP contribution in [0, 0.1) is 10.5 Å². The van der Waals surface area contributed by atoms with Gasteiger partial charge in [0.2, 0.25) is 0 Å². The molecule has 1 aromatic heterocycles. The summed E-state index contributed by atoms with van der Waals surface area (Å²) in [6, 6.07) is 5.62. The first-order valence-corrected chi connectivity index (χ1v) is 6.42. The van der Waals surface area contributed by atoms with E-state index in [1.54, 1.807) is 13.1 Å². The average molecular weight is 356 g/mol. The van der Waals surface area contributed by atoms with Crippen molar-refractivity contribution in [1.82, 2.24) is 9.78 Å². The van der Waals surface area contributed by atoms with Crippen molar-refractivity contribution < 1.29 is 4.79 Å². The molecule has 0 bridgehead atoms. The minimum atomic E-state index is -0.182. The van der Waals surface area contributed by atoms with Gasteiger partial charge in [0.15, 0.2) is 5.82 Å². The Hall–Kier alpha value is -1.57. The summed E-state index contributed by atoms with van der Waals surface area (Å²) in [7, 11) is 1.73. The monoisotopic (exact) mass is 356 g/mol. The first kappa shape index (κ1) is 12.9. The van der Waals surface area contributed by atoms with Gasteiger partial charge in [-0.25, -0.2) is 0 Å². The van der Waals surface area contributed by atoms with E-state index in [0.717, 1.165) is 9.13 Å². The van der Waals surface area contributed by atoms with E-state index in [4.69, 9.17) is 5.73 Å². The second-order valence-electron chi connectivity index (χ2n) is 3.96. The lowest BCUT2D eigenvalue weighted by Gasteiger charge is -2.09. The molecule has 0 fully saturated rings. The lowest BCUT2D eigenvalue weighted by atomic mass is 10.1. The van der Waals surface area contributed by atoms with Gasteiger partial charge in [-0.2, -0.15) is 5.10 Å². The van der Waals surface area contributed by atoms with Gasteiger partial charge in [-0.15, -0.1) is 0 Å². The van der Waals surface area contributed by atoms with Crippen LogP contribution >= 0.6 is 22.6 Å². The minimum absolute atomic E-state index is 0.182. The smallest absolute Gasteiger partial charge is 0.257 e. The highest BCUT2D eigenvalue weighted by Gasteiger charge is 2.14. The maximum atomic E-state index is 12.2. The molecule has 0 saturated carbocycles. The van der Waals surface area contributed by atoms with Crippen molar-refractivity contribution in [3.05, 3.63) is 39.1 Å². The number of hydrogen-bond acceptors (Lipinski definition) is 3. The summed E-state index contributed by atoms with van der Waals surface area (Å²) < 4.78 is 2.48. The molecule has 1 heterocycles. The van der Waals surface area contributed by atoms with Crippen LogP contribution in [0.3, 0.4) is 0 Å². The molecule has 0 atom stereocenters. The Balaban J connectivity index is 2.31. The van der Waals surface area contributed by atoms with E-state index in [1.807, 2.05) is 19.1 Å². The summed E-state index contributed by atoms with van der Waals surface area (Å²) in [5.41, 5.74) is 7.89. The van der Waals surface area contributed by atoms with Gasteiger partial charge in [-0.1, -0.05) is 12.1 Å². The van der Waals surface area contributed by atoms with E-state index in [9.17, 15) is 4.79 Å². The maximum absolute atomic E-state index is 12.2. The van der Waals surface area contributed by atoms with Crippen molar-refractivity contribution in [3.63, 3.8) is 0 Å². The third-order valence-corrected chi connectivity index (χ3v) is 4.07. The number of amides is 1. The Labute approximate surface area is 119 Å². The highest BCUT2D eigenvalue weighted by Crippen LogP contribution is 2.20. The number of carbonyl (C=O) groups excluding carboxylic acids is 1. The molecule has 0 saturated heterocycles. The molecule has 0 unspecified atom stereocenters. The van der Waals surface area contributed by atoms with Crippen molar-refractivity contribution in [2.24, 2.45) is 7.05 Å². The third kappa shape index (κ3) is 2.33. The minimum Gasteiger partial charge on any atom is -0.394 e. The first-order chi connectivity index (χ1) is 8.50. The molecule has 0 spiro atoms. The second-order valence-corrected chi connectivity index (χ2v) is 5.04. The number of hydrogen-bond donors (Lipinski definition) is 2. The SMILES string of the molecule is Cc1cccc(C(=O)Nc2c(N)cnn2C)c1I. The molecule has 0 radical (unpaired) electrons. The van der Waals surface area contributed by atoms with Crippen molar-refractivity contribution in [2.45, 2.75) is 6.92 Å². The van der Waals surface area contributed by atoms with Gasteiger partial charge in [0.1, 0.15) is 0 Å². The fraction of sp³-hybridized carbons (Fsp3) is 0.167. The Morgan fingerprint density at radius 3 is 2.83 bits per heavy atom. The number of nitrogens with two attached hydrogens (primary N) is 1. The molecule has 18 heavy (non-hydrogen) atoms. The lowest BCUT2D eigenvalue weighted by molar-refractivity contribution is 0.102. The Morgan fingerprint density at radius 1 is 1.50 bits per heavy atom. The summed E-state index contributed by atoms with van der Waals surface area (Å²) in [6.45, 7) is 1.97. The largest absolute Gasteiger partial charge is 0.394 e. The molecule has 5 nitrogen and oxygen atoms in total. The molecule has 2 aromatic rings. The highest BCUT2D eigenvalue weighted by molar-refractivity contribution is 14.1. The zero-order chi connectivity index (χ0) is 13.3. The topological polar surface area (TPSA) is 72.9 Å². The van der Waals surface area contributed by atoms with Gasteiger partial charge < -0.3 is 11.1 Å². The van der Waals surface area contributed by atoms with E-state index in [0.29, 0.717) is 17.1 Å². The Bertz CT molecular complexity index is 587. The number of anilines is 2. The number of nitrogens with zero attached hydrogens (tertiary/aromatic N) is 2.